The van der Waals surface area contributed by atoms with E-state index in [0.717, 1.165) is 44.1 Å². The first-order valence-corrected chi connectivity index (χ1v) is 8.52. The molecule has 1 heterocycles. The van der Waals surface area contributed by atoms with E-state index in [1.807, 2.05) is 24.3 Å². The Bertz CT molecular complexity index is 596. The maximum absolute atomic E-state index is 12.1. The van der Waals surface area contributed by atoms with Gasteiger partial charge in [0.2, 0.25) is 11.8 Å². The normalized spacial score (nSPS) is 22.8. The molecule has 1 saturated carbocycles. The number of nitrogens with one attached hydrogen (secondary N) is 1. The van der Waals surface area contributed by atoms with Crippen LogP contribution in [0.5, 0.6) is 0 Å². The lowest BCUT2D eigenvalue weighted by molar-refractivity contribution is -0.134. The molecule has 6 heteroatoms. The van der Waals surface area contributed by atoms with Gasteiger partial charge in [0.05, 0.1) is 19.8 Å². The van der Waals surface area contributed by atoms with Crippen LogP contribution in [0.25, 0.3) is 0 Å². The number of morpholine rings is 1. The van der Waals surface area contributed by atoms with Gasteiger partial charge in [-0.15, -0.1) is 0 Å². The van der Waals surface area contributed by atoms with Crippen molar-refractivity contribution in [3.8, 4) is 0 Å². The number of carbonyl (C=O) groups excluding carboxylic acids is 2. The highest BCUT2D eigenvalue weighted by Gasteiger charge is 2.40. The van der Waals surface area contributed by atoms with Crippen LogP contribution in [0.15, 0.2) is 24.3 Å². The molecule has 1 aromatic carbocycles. The van der Waals surface area contributed by atoms with E-state index in [9.17, 15) is 9.59 Å². The van der Waals surface area contributed by atoms with Gasteiger partial charge in [-0.05, 0) is 36.6 Å². The van der Waals surface area contributed by atoms with E-state index in [-0.39, 0.29) is 24.3 Å². The van der Waals surface area contributed by atoms with Gasteiger partial charge in [-0.2, -0.15) is 0 Å². The Morgan fingerprint density at radius 3 is 2.46 bits per heavy atom. The van der Waals surface area contributed by atoms with Crippen molar-refractivity contribution in [3.63, 3.8) is 0 Å². The standard InChI is InChI=1S/C18H25N3O3/c1-13-11-16(13)18(23)20(2)12-17(22)19-14-3-5-15(6-4-14)21-7-9-24-10-8-21/h3-6,13,16H,7-12H2,1-2H3,(H,19,22)/t13-,16+/m0/s1. The average molecular weight is 331 g/mol. The van der Waals surface area contributed by atoms with Crippen LogP contribution in [-0.4, -0.2) is 56.6 Å². The third kappa shape index (κ3) is 4.06. The van der Waals surface area contributed by atoms with E-state index in [1.165, 1.54) is 4.90 Å². The first kappa shape index (κ1) is 16.8. The lowest BCUT2D eigenvalue weighted by Gasteiger charge is -2.28. The minimum atomic E-state index is -0.168. The quantitative estimate of drug-likeness (QED) is 0.890. The molecule has 6 nitrogen and oxygen atoms in total. The van der Waals surface area contributed by atoms with Gasteiger partial charge in [0.1, 0.15) is 0 Å². The Morgan fingerprint density at radius 2 is 1.88 bits per heavy atom. The Balaban J connectivity index is 1.49. The van der Waals surface area contributed by atoms with Crippen LogP contribution in [-0.2, 0) is 14.3 Å². The smallest absolute Gasteiger partial charge is 0.243 e. The zero-order valence-corrected chi connectivity index (χ0v) is 14.3. The van der Waals surface area contributed by atoms with Gasteiger partial charge < -0.3 is 19.9 Å². The third-order valence-electron chi connectivity index (χ3n) is 4.71. The number of rotatable bonds is 5. The number of nitrogens with zero attached hydrogens (tertiary/aromatic N) is 2. The van der Waals surface area contributed by atoms with Crippen molar-refractivity contribution >= 4 is 23.2 Å². The van der Waals surface area contributed by atoms with E-state index in [4.69, 9.17) is 4.74 Å². The minimum Gasteiger partial charge on any atom is -0.378 e. The average Bonchev–Trinajstić information content (AvgIpc) is 3.32. The summed E-state index contributed by atoms with van der Waals surface area (Å²) in [5.41, 5.74) is 1.88. The highest BCUT2D eigenvalue weighted by atomic mass is 16.5. The van der Waals surface area contributed by atoms with Crippen molar-refractivity contribution in [2.75, 3.05) is 50.1 Å². The summed E-state index contributed by atoms with van der Waals surface area (Å²) in [6, 6.07) is 7.80. The molecule has 3 rings (SSSR count). The molecule has 1 aliphatic carbocycles. The SMILES string of the molecule is C[C@H]1C[C@H]1C(=O)N(C)CC(=O)Nc1ccc(N2CCOCC2)cc1. The molecule has 2 aliphatic rings. The minimum absolute atomic E-state index is 0.0697. The molecule has 1 N–H and O–H groups in total. The van der Waals surface area contributed by atoms with Crippen molar-refractivity contribution in [3.05, 3.63) is 24.3 Å². The Hall–Kier alpha value is -2.08. The monoisotopic (exact) mass is 331 g/mol. The van der Waals surface area contributed by atoms with Crippen molar-refractivity contribution in [1.82, 2.24) is 4.90 Å². The molecule has 0 aromatic heterocycles. The lowest BCUT2D eigenvalue weighted by Crippen LogP contribution is -2.36. The molecule has 2 amide bonds. The maximum Gasteiger partial charge on any atom is 0.243 e. The van der Waals surface area contributed by atoms with Gasteiger partial charge in [-0.3, -0.25) is 9.59 Å². The number of carbonyl (C=O) groups is 2. The fourth-order valence-corrected chi connectivity index (χ4v) is 3.02. The molecule has 0 bridgehead atoms. The Kier molecular flexibility index (Phi) is 5.04. The molecule has 0 unspecified atom stereocenters. The largest absolute Gasteiger partial charge is 0.378 e. The number of likely N-dealkylation sites (N-methyl/N-ethyl adjacent to an activating group) is 1. The predicted octanol–water partition coefficient (Wildman–Crippen LogP) is 1.58. The molecule has 1 aromatic rings. The molecular weight excluding hydrogens is 306 g/mol. The fourth-order valence-electron chi connectivity index (χ4n) is 3.02. The van der Waals surface area contributed by atoms with Crippen LogP contribution in [0.3, 0.4) is 0 Å². The molecule has 2 fully saturated rings. The second kappa shape index (κ2) is 7.21. The number of hydrogen-bond donors (Lipinski definition) is 1. The van der Waals surface area contributed by atoms with Gasteiger partial charge in [-0.25, -0.2) is 0 Å². The van der Waals surface area contributed by atoms with Gasteiger partial charge in [0.25, 0.3) is 0 Å². The van der Waals surface area contributed by atoms with Gasteiger partial charge in [0.15, 0.2) is 0 Å². The summed E-state index contributed by atoms with van der Waals surface area (Å²) in [6.07, 6.45) is 0.938. The zero-order valence-electron chi connectivity index (χ0n) is 14.3. The zero-order chi connectivity index (χ0) is 17.1. The summed E-state index contributed by atoms with van der Waals surface area (Å²) in [5, 5.41) is 2.85. The van der Waals surface area contributed by atoms with Crippen LogP contribution >= 0.6 is 0 Å². The second-order valence-corrected chi connectivity index (χ2v) is 6.71. The first-order chi connectivity index (χ1) is 11.5. The van der Waals surface area contributed by atoms with Crippen LogP contribution in [0.4, 0.5) is 11.4 Å². The highest BCUT2D eigenvalue weighted by Crippen LogP contribution is 2.38. The fraction of sp³-hybridized carbons (Fsp3) is 0.556. The highest BCUT2D eigenvalue weighted by molar-refractivity contribution is 5.95. The van der Waals surface area contributed by atoms with Crippen molar-refractivity contribution < 1.29 is 14.3 Å². The van der Waals surface area contributed by atoms with Gasteiger partial charge in [0, 0.05) is 37.4 Å². The van der Waals surface area contributed by atoms with E-state index in [2.05, 4.69) is 17.1 Å². The summed E-state index contributed by atoms with van der Waals surface area (Å²) in [6.45, 7) is 5.42. The number of anilines is 2. The third-order valence-corrected chi connectivity index (χ3v) is 4.71. The summed E-state index contributed by atoms with van der Waals surface area (Å²) in [4.78, 5) is 27.9. The predicted molar refractivity (Wildman–Crippen MR) is 93.0 cm³/mol. The van der Waals surface area contributed by atoms with E-state index in [0.29, 0.717) is 5.92 Å². The number of benzene rings is 1. The number of ether oxygens (including phenoxy) is 1. The van der Waals surface area contributed by atoms with Crippen LogP contribution in [0.1, 0.15) is 13.3 Å². The van der Waals surface area contributed by atoms with Gasteiger partial charge >= 0.3 is 0 Å². The molecule has 130 valence electrons. The van der Waals surface area contributed by atoms with Crippen LogP contribution in [0, 0.1) is 11.8 Å². The molecule has 2 atom stereocenters. The first-order valence-electron chi connectivity index (χ1n) is 8.52. The van der Waals surface area contributed by atoms with Crippen LogP contribution < -0.4 is 10.2 Å². The molecule has 0 radical (unpaired) electrons. The molecular formula is C18H25N3O3. The molecule has 24 heavy (non-hydrogen) atoms. The number of amides is 2. The molecule has 1 saturated heterocycles. The molecule has 1 aliphatic heterocycles. The topological polar surface area (TPSA) is 61.9 Å². The van der Waals surface area contributed by atoms with Crippen molar-refractivity contribution in [2.24, 2.45) is 11.8 Å². The van der Waals surface area contributed by atoms with Gasteiger partial charge in [-0.1, -0.05) is 6.92 Å². The van der Waals surface area contributed by atoms with Crippen molar-refractivity contribution in [2.45, 2.75) is 13.3 Å². The Morgan fingerprint density at radius 1 is 1.25 bits per heavy atom. The number of hydrogen-bond acceptors (Lipinski definition) is 4. The van der Waals surface area contributed by atoms with E-state index >= 15 is 0 Å². The van der Waals surface area contributed by atoms with E-state index in [1.54, 1.807) is 7.05 Å². The van der Waals surface area contributed by atoms with E-state index < -0.39 is 0 Å². The summed E-state index contributed by atoms with van der Waals surface area (Å²) in [5.74, 6) is 0.463. The van der Waals surface area contributed by atoms with Crippen molar-refractivity contribution in [1.29, 1.82) is 0 Å². The Labute approximate surface area is 142 Å². The second-order valence-electron chi connectivity index (χ2n) is 6.71. The summed E-state index contributed by atoms with van der Waals surface area (Å²) >= 11 is 0. The summed E-state index contributed by atoms with van der Waals surface area (Å²) < 4.78 is 5.35. The maximum atomic E-state index is 12.1. The molecule has 0 spiro atoms. The lowest BCUT2D eigenvalue weighted by atomic mass is 10.2. The van der Waals surface area contributed by atoms with Crippen LogP contribution in [0.2, 0.25) is 0 Å². The summed E-state index contributed by atoms with van der Waals surface area (Å²) in [7, 11) is 1.69.